The third kappa shape index (κ3) is 2.19. The van der Waals surface area contributed by atoms with Crippen LogP contribution in [0, 0.1) is 0 Å². The molecule has 21 heavy (non-hydrogen) atoms. The fraction of sp³-hybridized carbons (Fsp3) is 0.143. The fourth-order valence-corrected chi connectivity index (χ4v) is 2.69. The minimum absolute atomic E-state index is 0.0684. The van der Waals surface area contributed by atoms with Crippen molar-refractivity contribution in [2.45, 2.75) is 12.5 Å². The van der Waals surface area contributed by atoms with Crippen LogP contribution in [-0.2, 0) is 0 Å². The summed E-state index contributed by atoms with van der Waals surface area (Å²) >= 11 is 3.44. The van der Waals surface area contributed by atoms with Crippen molar-refractivity contribution in [2.24, 2.45) is 4.99 Å². The Morgan fingerprint density at radius 2 is 2.05 bits per heavy atom. The molecule has 0 N–H and O–H groups in total. The number of rotatable bonds is 2. The van der Waals surface area contributed by atoms with Gasteiger partial charge in [-0.05, 0) is 40.3 Å². The minimum Gasteiger partial charge on any atom is -0.467 e. The van der Waals surface area contributed by atoms with Crippen molar-refractivity contribution in [3.63, 3.8) is 0 Å². The van der Waals surface area contributed by atoms with Gasteiger partial charge in [0.2, 0.25) is 0 Å². The van der Waals surface area contributed by atoms with Gasteiger partial charge in [0.15, 0.2) is 0 Å². The van der Waals surface area contributed by atoms with Crippen LogP contribution in [0.3, 0.4) is 0 Å². The van der Waals surface area contributed by atoms with Crippen LogP contribution in [0.4, 0.5) is 5.95 Å². The highest BCUT2D eigenvalue weighted by atomic mass is 79.9. The van der Waals surface area contributed by atoms with E-state index in [4.69, 9.17) is 4.42 Å². The Bertz CT molecular complexity index is 791. The molecule has 2 aromatic heterocycles. The molecule has 0 saturated carbocycles. The number of hydrogen-bond donors (Lipinski definition) is 0. The summed E-state index contributed by atoms with van der Waals surface area (Å²) in [5.41, 5.74) is 2.01. The summed E-state index contributed by atoms with van der Waals surface area (Å²) in [5, 5.41) is 11.7. The van der Waals surface area contributed by atoms with E-state index in [1.807, 2.05) is 36.4 Å². The van der Waals surface area contributed by atoms with E-state index in [0.717, 1.165) is 21.5 Å². The fourth-order valence-electron chi connectivity index (χ4n) is 2.43. The van der Waals surface area contributed by atoms with Gasteiger partial charge < -0.3 is 4.42 Å². The van der Waals surface area contributed by atoms with E-state index >= 15 is 0 Å². The number of halogens is 1. The largest absolute Gasteiger partial charge is 0.467 e. The maximum absolute atomic E-state index is 5.52. The predicted octanol–water partition coefficient (Wildman–Crippen LogP) is 3.14. The minimum atomic E-state index is -0.0684. The zero-order valence-corrected chi connectivity index (χ0v) is 12.4. The van der Waals surface area contributed by atoms with Gasteiger partial charge in [-0.25, -0.2) is 4.99 Å². The Balaban J connectivity index is 1.79. The molecule has 0 aliphatic carbocycles. The maximum Gasteiger partial charge on any atom is 0.270 e. The molecule has 1 aliphatic rings. The number of tetrazole rings is 1. The van der Waals surface area contributed by atoms with Crippen LogP contribution in [0.2, 0.25) is 0 Å². The van der Waals surface area contributed by atoms with Gasteiger partial charge in [-0.15, -0.1) is 0 Å². The lowest BCUT2D eigenvalue weighted by Gasteiger charge is -2.20. The Hall–Kier alpha value is -2.28. The first-order valence-corrected chi connectivity index (χ1v) is 7.25. The average Bonchev–Trinajstić information content (AvgIpc) is 3.18. The van der Waals surface area contributed by atoms with E-state index in [2.05, 4.69) is 36.4 Å². The van der Waals surface area contributed by atoms with Gasteiger partial charge in [0.25, 0.3) is 5.95 Å². The molecule has 1 unspecified atom stereocenters. The number of nitrogens with zero attached hydrogens (tertiary/aromatic N) is 5. The summed E-state index contributed by atoms with van der Waals surface area (Å²) in [6.07, 6.45) is 2.34. The number of aliphatic imine (C=N–C) groups is 1. The standard InChI is InChI=1S/C14H10BrN5O/c15-10-5-3-9(4-6-10)11-8-12(13-2-1-7-21-13)20-14(16-11)17-18-19-20/h1-7,12H,8H2. The Kier molecular flexibility index (Phi) is 2.92. The van der Waals surface area contributed by atoms with Gasteiger partial charge in [0.05, 0.1) is 12.0 Å². The zero-order chi connectivity index (χ0) is 14.2. The molecule has 0 bridgehead atoms. The highest BCUT2D eigenvalue weighted by molar-refractivity contribution is 9.10. The number of hydrogen-bond acceptors (Lipinski definition) is 5. The third-order valence-electron chi connectivity index (χ3n) is 3.44. The highest BCUT2D eigenvalue weighted by Crippen LogP contribution is 2.31. The molecule has 104 valence electrons. The van der Waals surface area contributed by atoms with Crippen molar-refractivity contribution in [3.05, 3.63) is 58.5 Å². The van der Waals surface area contributed by atoms with Gasteiger partial charge in [-0.1, -0.05) is 33.2 Å². The van der Waals surface area contributed by atoms with E-state index in [1.165, 1.54) is 0 Å². The second-order valence-corrected chi connectivity index (χ2v) is 5.64. The summed E-state index contributed by atoms with van der Waals surface area (Å²) in [5.74, 6) is 1.33. The molecule has 1 atom stereocenters. The Morgan fingerprint density at radius 3 is 2.81 bits per heavy atom. The SMILES string of the molecule is Brc1ccc(C2=Nc3nnnn3C(c3ccco3)C2)cc1. The highest BCUT2D eigenvalue weighted by Gasteiger charge is 2.28. The molecule has 0 amide bonds. The number of fused-ring (bicyclic) bond motifs is 1. The van der Waals surface area contributed by atoms with E-state index in [-0.39, 0.29) is 6.04 Å². The lowest BCUT2D eigenvalue weighted by Crippen LogP contribution is -2.20. The molecule has 0 saturated heterocycles. The van der Waals surface area contributed by atoms with Gasteiger partial charge in [0, 0.05) is 10.9 Å². The first-order chi connectivity index (χ1) is 10.3. The van der Waals surface area contributed by atoms with Crippen molar-refractivity contribution in [1.82, 2.24) is 20.2 Å². The zero-order valence-electron chi connectivity index (χ0n) is 10.8. The molecule has 3 heterocycles. The Morgan fingerprint density at radius 1 is 1.19 bits per heavy atom. The molecular formula is C14H10BrN5O. The van der Waals surface area contributed by atoms with Crippen LogP contribution in [0.25, 0.3) is 0 Å². The summed E-state index contributed by atoms with van der Waals surface area (Å²) in [6, 6.07) is 11.8. The quantitative estimate of drug-likeness (QED) is 0.716. The summed E-state index contributed by atoms with van der Waals surface area (Å²) in [7, 11) is 0. The topological polar surface area (TPSA) is 69.1 Å². The smallest absolute Gasteiger partial charge is 0.270 e. The van der Waals surface area contributed by atoms with Crippen LogP contribution in [-0.4, -0.2) is 25.9 Å². The molecular weight excluding hydrogens is 334 g/mol. The van der Waals surface area contributed by atoms with E-state index in [9.17, 15) is 0 Å². The van der Waals surface area contributed by atoms with Crippen LogP contribution in [0.5, 0.6) is 0 Å². The molecule has 0 radical (unpaired) electrons. The van der Waals surface area contributed by atoms with Crippen molar-refractivity contribution in [3.8, 4) is 0 Å². The van der Waals surface area contributed by atoms with Gasteiger partial charge in [-0.2, -0.15) is 4.68 Å². The molecule has 6 nitrogen and oxygen atoms in total. The summed E-state index contributed by atoms with van der Waals surface area (Å²) in [4.78, 5) is 4.55. The van der Waals surface area contributed by atoms with Gasteiger partial charge in [0.1, 0.15) is 11.8 Å². The first kappa shape index (κ1) is 12.5. The lowest BCUT2D eigenvalue weighted by atomic mass is 10.00. The van der Waals surface area contributed by atoms with E-state index < -0.39 is 0 Å². The number of aromatic nitrogens is 4. The molecule has 7 heteroatoms. The third-order valence-corrected chi connectivity index (χ3v) is 3.97. The second kappa shape index (κ2) is 4.92. The normalized spacial score (nSPS) is 17.4. The predicted molar refractivity (Wildman–Crippen MR) is 79.6 cm³/mol. The molecule has 1 aromatic carbocycles. The van der Waals surface area contributed by atoms with Gasteiger partial charge >= 0.3 is 0 Å². The second-order valence-electron chi connectivity index (χ2n) is 4.72. The lowest BCUT2D eigenvalue weighted by molar-refractivity contribution is 0.404. The van der Waals surface area contributed by atoms with Crippen molar-refractivity contribution >= 4 is 27.6 Å². The maximum atomic E-state index is 5.52. The Labute approximate surface area is 128 Å². The van der Waals surface area contributed by atoms with Crippen LogP contribution in [0.15, 0.2) is 56.5 Å². The van der Waals surface area contributed by atoms with Crippen molar-refractivity contribution in [2.75, 3.05) is 0 Å². The average molecular weight is 344 g/mol. The van der Waals surface area contributed by atoms with Crippen molar-refractivity contribution < 1.29 is 4.42 Å². The van der Waals surface area contributed by atoms with Crippen LogP contribution in [0.1, 0.15) is 23.8 Å². The molecule has 1 aliphatic heterocycles. The van der Waals surface area contributed by atoms with E-state index in [1.54, 1.807) is 10.9 Å². The molecule has 4 rings (SSSR count). The van der Waals surface area contributed by atoms with Crippen LogP contribution < -0.4 is 0 Å². The summed E-state index contributed by atoms with van der Waals surface area (Å²) in [6.45, 7) is 0. The molecule has 0 fully saturated rings. The van der Waals surface area contributed by atoms with Crippen molar-refractivity contribution in [1.29, 1.82) is 0 Å². The molecule has 0 spiro atoms. The number of benzene rings is 1. The van der Waals surface area contributed by atoms with Crippen LogP contribution >= 0.6 is 15.9 Å². The number of furan rings is 1. The molecule has 3 aromatic rings. The van der Waals surface area contributed by atoms with Gasteiger partial charge in [-0.3, -0.25) is 0 Å². The van der Waals surface area contributed by atoms with E-state index in [0.29, 0.717) is 12.4 Å². The summed E-state index contributed by atoms with van der Waals surface area (Å²) < 4.78 is 8.26. The first-order valence-electron chi connectivity index (χ1n) is 6.46. The monoisotopic (exact) mass is 343 g/mol.